The summed E-state index contributed by atoms with van der Waals surface area (Å²) in [5.74, 6) is 0.616. The summed E-state index contributed by atoms with van der Waals surface area (Å²) in [5.41, 5.74) is 1.37. The number of methoxy groups -OCH3 is 2. The van der Waals surface area contributed by atoms with Crippen LogP contribution in [0.2, 0.25) is 0 Å². The van der Waals surface area contributed by atoms with Crippen LogP contribution in [0.3, 0.4) is 0 Å². The van der Waals surface area contributed by atoms with Gasteiger partial charge in [-0.3, -0.25) is 9.78 Å². The molecule has 1 fully saturated rings. The number of nitrogens with zero attached hydrogens (tertiary/aromatic N) is 3. The molecule has 2 aromatic rings. The Labute approximate surface area is 141 Å². The molecule has 1 aliphatic rings. The van der Waals surface area contributed by atoms with Gasteiger partial charge in [0.25, 0.3) is 5.91 Å². The fraction of sp³-hybridized carbons (Fsp3) is 0.389. The van der Waals surface area contributed by atoms with E-state index in [4.69, 9.17) is 9.47 Å². The zero-order chi connectivity index (χ0) is 16.9. The van der Waals surface area contributed by atoms with Crippen LogP contribution in [-0.4, -0.2) is 41.5 Å². The largest absolute Gasteiger partial charge is 0.481 e. The first-order chi connectivity index (χ1) is 11.7. The highest BCUT2D eigenvalue weighted by atomic mass is 16.5. The van der Waals surface area contributed by atoms with E-state index in [1.54, 1.807) is 18.3 Å². The number of piperidine rings is 1. The Hall–Kier alpha value is -2.63. The van der Waals surface area contributed by atoms with Gasteiger partial charge < -0.3 is 14.4 Å². The molecule has 0 N–H and O–H groups in total. The van der Waals surface area contributed by atoms with Gasteiger partial charge in [-0.2, -0.15) is 4.98 Å². The van der Waals surface area contributed by atoms with E-state index in [9.17, 15) is 4.79 Å². The minimum absolute atomic E-state index is 0.0146. The number of hydrogen-bond acceptors (Lipinski definition) is 5. The predicted octanol–water partition coefficient (Wildman–Crippen LogP) is 2.86. The lowest BCUT2D eigenvalue weighted by Crippen LogP contribution is -2.39. The van der Waals surface area contributed by atoms with Crippen LogP contribution in [0, 0.1) is 0 Å². The van der Waals surface area contributed by atoms with Gasteiger partial charge in [0.15, 0.2) is 0 Å². The number of pyridine rings is 2. The summed E-state index contributed by atoms with van der Waals surface area (Å²) in [5, 5.41) is 0. The van der Waals surface area contributed by atoms with Crippen molar-refractivity contribution < 1.29 is 14.3 Å². The van der Waals surface area contributed by atoms with E-state index in [0.29, 0.717) is 18.0 Å². The molecule has 0 aliphatic carbocycles. The van der Waals surface area contributed by atoms with Crippen molar-refractivity contribution in [1.82, 2.24) is 14.9 Å². The summed E-state index contributed by atoms with van der Waals surface area (Å²) in [6, 6.07) is 9.18. The topological polar surface area (TPSA) is 64.5 Å². The Balaban J connectivity index is 1.92. The Morgan fingerprint density at radius 1 is 1.17 bits per heavy atom. The lowest BCUT2D eigenvalue weighted by atomic mass is 9.98. The quantitative estimate of drug-likeness (QED) is 0.864. The molecule has 126 valence electrons. The number of rotatable bonds is 4. The number of aromatic nitrogens is 2. The van der Waals surface area contributed by atoms with E-state index in [2.05, 4.69) is 9.97 Å². The number of amides is 1. The average molecular weight is 327 g/mol. The molecule has 24 heavy (non-hydrogen) atoms. The number of likely N-dealkylation sites (tertiary alicyclic amines) is 1. The number of carbonyl (C=O) groups excluding carboxylic acids is 1. The Morgan fingerprint density at radius 2 is 2.04 bits per heavy atom. The standard InChI is InChI=1S/C18H21N3O3/c1-23-16-10-9-13(17(20-16)24-2)18(22)21-12-6-4-8-15(21)14-7-3-5-11-19-14/h3,5,7,9-11,15H,4,6,8,12H2,1-2H3/t15-/m1/s1. The van der Waals surface area contributed by atoms with Crippen molar-refractivity contribution >= 4 is 5.91 Å². The van der Waals surface area contributed by atoms with Gasteiger partial charge in [-0.15, -0.1) is 0 Å². The highest BCUT2D eigenvalue weighted by molar-refractivity contribution is 5.96. The van der Waals surface area contributed by atoms with Crippen LogP contribution in [0.15, 0.2) is 36.5 Å². The minimum atomic E-state index is -0.0858. The van der Waals surface area contributed by atoms with Gasteiger partial charge >= 0.3 is 0 Å². The first-order valence-corrected chi connectivity index (χ1v) is 8.05. The normalized spacial score (nSPS) is 17.4. The summed E-state index contributed by atoms with van der Waals surface area (Å²) in [4.78, 5) is 23.6. The van der Waals surface area contributed by atoms with Gasteiger partial charge in [-0.25, -0.2) is 0 Å². The van der Waals surface area contributed by atoms with Crippen LogP contribution in [0.4, 0.5) is 0 Å². The molecule has 6 heteroatoms. The van der Waals surface area contributed by atoms with Crippen molar-refractivity contribution in [3.8, 4) is 11.8 Å². The monoisotopic (exact) mass is 327 g/mol. The van der Waals surface area contributed by atoms with Gasteiger partial charge in [0, 0.05) is 18.8 Å². The smallest absolute Gasteiger partial charge is 0.259 e. The molecule has 3 heterocycles. The molecule has 0 bridgehead atoms. The van der Waals surface area contributed by atoms with Gasteiger partial charge in [-0.1, -0.05) is 6.07 Å². The van der Waals surface area contributed by atoms with Crippen LogP contribution in [0.5, 0.6) is 11.8 Å². The van der Waals surface area contributed by atoms with Crippen molar-refractivity contribution in [2.45, 2.75) is 25.3 Å². The Bertz CT molecular complexity index is 706. The lowest BCUT2D eigenvalue weighted by Gasteiger charge is -2.35. The molecule has 2 aromatic heterocycles. The molecule has 0 spiro atoms. The zero-order valence-electron chi connectivity index (χ0n) is 13.9. The third-order valence-corrected chi connectivity index (χ3v) is 4.26. The first-order valence-electron chi connectivity index (χ1n) is 8.05. The number of carbonyl (C=O) groups is 1. The van der Waals surface area contributed by atoms with Gasteiger partial charge in [0.1, 0.15) is 5.56 Å². The maximum Gasteiger partial charge on any atom is 0.259 e. The van der Waals surface area contributed by atoms with E-state index in [1.165, 1.54) is 14.2 Å². The SMILES string of the molecule is COc1ccc(C(=O)N2CCCC[C@@H]2c2ccccn2)c(OC)n1. The molecule has 0 saturated carbocycles. The predicted molar refractivity (Wildman–Crippen MR) is 89.2 cm³/mol. The Kier molecular flexibility index (Phi) is 4.93. The van der Waals surface area contributed by atoms with E-state index in [-0.39, 0.29) is 17.8 Å². The molecular weight excluding hydrogens is 306 g/mol. The highest BCUT2D eigenvalue weighted by Gasteiger charge is 2.31. The van der Waals surface area contributed by atoms with E-state index >= 15 is 0 Å². The highest BCUT2D eigenvalue weighted by Crippen LogP contribution is 2.32. The van der Waals surface area contributed by atoms with Crippen molar-refractivity contribution in [2.24, 2.45) is 0 Å². The second kappa shape index (κ2) is 7.29. The molecule has 1 amide bonds. The van der Waals surface area contributed by atoms with Crippen LogP contribution in [-0.2, 0) is 0 Å². The molecule has 0 radical (unpaired) electrons. The number of ether oxygens (including phenoxy) is 2. The Morgan fingerprint density at radius 3 is 2.75 bits per heavy atom. The average Bonchev–Trinajstić information content (AvgIpc) is 2.67. The van der Waals surface area contributed by atoms with Crippen molar-refractivity contribution in [1.29, 1.82) is 0 Å². The third-order valence-electron chi connectivity index (χ3n) is 4.26. The van der Waals surface area contributed by atoms with E-state index < -0.39 is 0 Å². The fourth-order valence-corrected chi connectivity index (χ4v) is 3.07. The van der Waals surface area contributed by atoms with Gasteiger partial charge in [0.05, 0.1) is 26.0 Å². The summed E-state index contributed by atoms with van der Waals surface area (Å²) in [6.45, 7) is 0.704. The second-order valence-corrected chi connectivity index (χ2v) is 5.68. The minimum Gasteiger partial charge on any atom is -0.481 e. The maximum absolute atomic E-state index is 13.1. The maximum atomic E-state index is 13.1. The van der Waals surface area contributed by atoms with Crippen molar-refractivity contribution in [3.05, 3.63) is 47.8 Å². The second-order valence-electron chi connectivity index (χ2n) is 5.68. The summed E-state index contributed by atoms with van der Waals surface area (Å²) < 4.78 is 10.4. The fourth-order valence-electron chi connectivity index (χ4n) is 3.07. The molecule has 0 aromatic carbocycles. The van der Waals surface area contributed by atoms with Gasteiger partial charge in [-0.05, 0) is 37.5 Å². The molecule has 1 atom stereocenters. The third kappa shape index (κ3) is 3.18. The van der Waals surface area contributed by atoms with Crippen molar-refractivity contribution in [2.75, 3.05) is 20.8 Å². The van der Waals surface area contributed by atoms with Crippen molar-refractivity contribution in [3.63, 3.8) is 0 Å². The summed E-state index contributed by atoms with van der Waals surface area (Å²) in [6.07, 6.45) is 4.75. The van der Waals surface area contributed by atoms with E-state index in [1.807, 2.05) is 23.1 Å². The van der Waals surface area contributed by atoms with E-state index in [0.717, 1.165) is 25.0 Å². The molecule has 0 unspecified atom stereocenters. The van der Waals surface area contributed by atoms with Crippen LogP contribution in [0.1, 0.15) is 41.4 Å². The molecule has 1 saturated heterocycles. The molecule has 1 aliphatic heterocycles. The zero-order valence-corrected chi connectivity index (χ0v) is 13.9. The first kappa shape index (κ1) is 16.2. The van der Waals surface area contributed by atoms with Crippen LogP contribution >= 0.6 is 0 Å². The lowest BCUT2D eigenvalue weighted by molar-refractivity contribution is 0.0601. The van der Waals surface area contributed by atoms with Gasteiger partial charge in [0.2, 0.25) is 11.8 Å². The summed E-state index contributed by atoms with van der Waals surface area (Å²) >= 11 is 0. The van der Waals surface area contributed by atoms with Crippen LogP contribution < -0.4 is 9.47 Å². The summed E-state index contributed by atoms with van der Waals surface area (Å²) in [7, 11) is 3.04. The van der Waals surface area contributed by atoms with Crippen LogP contribution in [0.25, 0.3) is 0 Å². The molecular formula is C18H21N3O3. The molecule has 3 rings (SSSR count). The number of hydrogen-bond donors (Lipinski definition) is 0. The molecule has 6 nitrogen and oxygen atoms in total.